The molecule has 3 aromatic rings. The maximum absolute atomic E-state index is 13.1. The van der Waals surface area contributed by atoms with Crippen molar-refractivity contribution in [2.45, 2.75) is 32.0 Å². The lowest BCUT2D eigenvalue weighted by molar-refractivity contribution is -0.137. The van der Waals surface area contributed by atoms with Crippen molar-refractivity contribution in [3.05, 3.63) is 58.6 Å². The van der Waals surface area contributed by atoms with E-state index in [1.54, 1.807) is 25.4 Å². The van der Waals surface area contributed by atoms with E-state index in [9.17, 15) is 18.0 Å². The molecule has 3 aromatic heterocycles. The molecule has 7 nitrogen and oxygen atoms in total. The van der Waals surface area contributed by atoms with Gasteiger partial charge in [0.05, 0.1) is 11.3 Å². The molecule has 1 N–H and O–H groups in total. The van der Waals surface area contributed by atoms with E-state index in [2.05, 4.69) is 32.1 Å². The second kappa shape index (κ2) is 8.01. The Balaban J connectivity index is 1.76. The normalized spacial score (nSPS) is 16.5. The first-order valence-corrected chi connectivity index (χ1v) is 9.84. The third-order valence-electron chi connectivity index (χ3n) is 5.25. The van der Waals surface area contributed by atoms with Crippen LogP contribution in [-0.2, 0) is 13.2 Å². The number of nitrogens with one attached hydrogen (secondary N) is 1. The lowest BCUT2D eigenvalue weighted by atomic mass is 10.2. The van der Waals surface area contributed by atoms with E-state index in [-0.39, 0.29) is 17.4 Å². The predicted molar refractivity (Wildman–Crippen MR) is 111 cm³/mol. The molecular formula is C21H21F3N6O. The van der Waals surface area contributed by atoms with Crippen molar-refractivity contribution >= 4 is 17.6 Å². The highest BCUT2D eigenvalue weighted by molar-refractivity contribution is 5.66. The Morgan fingerprint density at radius 2 is 1.94 bits per heavy atom. The molecule has 1 aliphatic heterocycles. The lowest BCUT2D eigenvalue weighted by Crippen LogP contribution is -2.28. The molecule has 0 aliphatic carbocycles. The summed E-state index contributed by atoms with van der Waals surface area (Å²) in [5, 5.41) is 2.87. The topological polar surface area (TPSA) is 75.9 Å². The Bertz CT molecular complexity index is 1160. The van der Waals surface area contributed by atoms with Crippen LogP contribution in [0.25, 0.3) is 11.3 Å². The van der Waals surface area contributed by atoms with E-state index in [1.807, 2.05) is 0 Å². The van der Waals surface area contributed by atoms with E-state index in [0.717, 1.165) is 37.7 Å². The standard InChI is InChI=1S/C21H21F3N6O/c1-13-4-3-9-30(13)20-26-16(14-5-6-19(31)29(2)12-14)11-18(28-20)27-17-10-15(7-8-25-17)21(22,23)24/h5-8,10-13H,3-4,9H2,1-2H3,(H,25,26,27,28). The van der Waals surface area contributed by atoms with E-state index in [0.29, 0.717) is 23.0 Å². The number of anilines is 3. The van der Waals surface area contributed by atoms with Gasteiger partial charge in [-0.3, -0.25) is 4.79 Å². The summed E-state index contributed by atoms with van der Waals surface area (Å²) in [7, 11) is 1.64. The van der Waals surface area contributed by atoms with Crippen LogP contribution in [0.3, 0.4) is 0 Å². The van der Waals surface area contributed by atoms with Crippen LogP contribution < -0.4 is 15.8 Å². The third kappa shape index (κ3) is 4.52. The second-order valence-electron chi connectivity index (χ2n) is 7.54. The Morgan fingerprint density at radius 1 is 1.13 bits per heavy atom. The number of hydrogen-bond donors (Lipinski definition) is 1. The monoisotopic (exact) mass is 430 g/mol. The van der Waals surface area contributed by atoms with Crippen molar-refractivity contribution in [2.24, 2.45) is 7.05 Å². The fourth-order valence-corrected chi connectivity index (χ4v) is 3.56. The third-order valence-corrected chi connectivity index (χ3v) is 5.25. The molecule has 31 heavy (non-hydrogen) atoms. The van der Waals surface area contributed by atoms with Gasteiger partial charge >= 0.3 is 6.18 Å². The molecule has 10 heteroatoms. The highest BCUT2D eigenvalue weighted by Crippen LogP contribution is 2.31. The lowest BCUT2D eigenvalue weighted by Gasteiger charge is -2.22. The average Bonchev–Trinajstić information content (AvgIpc) is 3.15. The summed E-state index contributed by atoms with van der Waals surface area (Å²) in [4.78, 5) is 27.0. The van der Waals surface area contributed by atoms with Crippen LogP contribution in [-0.4, -0.2) is 32.1 Å². The molecule has 0 bridgehead atoms. The second-order valence-corrected chi connectivity index (χ2v) is 7.54. The molecule has 4 heterocycles. The molecule has 1 atom stereocenters. The number of hydrogen-bond acceptors (Lipinski definition) is 6. The zero-order chi connectivity index (χ0) is 22.2. The van der Waals surface area contributed by atoms with Crippen LogP contribution in [0.4, 0.5) is 30.8 Å². The number of alkyl halides is 3. The fraction of sp³-hybridized carbons (Fsp3) is 0.333. The summed E-state index contributed by atoms with van der Waals surface area (Å²) in [6.07, 6.45) is 0.303. The van der Waals surface area contributed by atoms with Crippen molar-refractivity contribution in [2.75, 3.05) is 16.8 Å². The van der Waals surface area contributed by atoms with E-state index >= 15 is 0 Å². The SMILES string of the molecule is CC1CCCN1c1nc(Nc2cc(C(F)(F)F)ccn2)cc(-c2ccc(=O)n(C)c2)n1. The minimum Gasteiger partial charge on any atom is -0.338 e. The van der Waals surface area contributed by atoms with Gasteiger partial charge in [0, 0.05) is 49.7 Å². The van der Waals surface area contributed by atoms with E-state index in [4.69, 9.17) is 0 Å². The zero-order valence-corrected chi connectivity index (χ0v) is 17.0. The maximum atomic E-state index is 13.1. The van der Waals surface area contributed by atoms with Crippen LogP contribution in [0.1, 0.15) is 25.3 Å². The Hall–Kier alpha value is -3.43. The summed E-state index contributed by atoms with van der Waals surface area (Å²) < 4.78 is 40.6. The molecule has 1 saturated heterocycles. The molecule has 0 radical (unpaired) electrons. The predicted octanol–water partition coefficient (Wildman–Crippen LogP) is 3.99. The molecule has 1 aliphatic rings. The zero-order valence-electron chi connectivity index (χ0n) is 17.0. The van der Waals surface area contributed by atoms with Gasteiger partial charge < -0.3 is 14.8 Å². The average molecular weight is 430 g/mol. The van der Waals surface area contributed by atoms with Gasteiger partial charge in [-0.2, -0.15) is 18.2 Å². The summed E-state index contributed by atoms with van der Waals surface area (Å²) in [5.74, 6) is 0.825. The summed E-state index contributed by atoms with van der Waals surface area (Å²) >= 11 is 0. The van der Waals surface area contributed by atoms with Gasteiger partial charge in [0.15, 0.2) is 0 Å². The molecule has 0 aromatic carbocycles. The van der Waals surface area contributed by atoms with Crippen LogP contribution in [0, 0.1) is 0 Å². The first kappa shape index (κ1) is 20.8. The van der Waals surface area contributed by atoms with Crippen LogP contribution in [0.5, 0.6) is 0 Å². The molecule has 0 saturated carbocycles. The van der Waals surface area contributed by atoms with Gasteiger partial charge in [-0.25, -0.2) is 9.97 Å². The van der Waals surface area contributed by atoms with Gasteiger partial charge in [-0.05, 0) is 38.0 Å². The number of pyridine rings is 2. The Labute approximate surface area is 176 Å². The van der Waals surface area contributed by atoms with Crippen molar-refractivity contribution < 1.29 is 13.2 Å². The number of aryl methyl sites for hydroxylation is 1. The fourth-order valence-electron chi connectivity index (χ4n) is 3.56. The molecule has 0 spiro atoms. The Kier molecular flexibility index (Phi) is 5.38. The molecule has 162 valence electrons. The van der Waals surface area contributed by atoms with Gasteiger partial charge in [0.1, 0.15) is 11.6 Å². The van der Waals surface area contributed by atoms with Crippen molar-refractivity contribution in [3.63, 3.8) is 0 Å². The van der Waals surface area contributed by atoms with Gasteiger partial charge in [-0.15, -0.1) is 0 Å². The Morgan fingerprint density at radius 3 is 2.61 bits per heavy atom. The molecule has 4 rings (SSSR count). The van der Waals surface area contributed by atoms with Crippen LogP contribution in [0.15, 0.2) is 47.5 Å². The summed E-state index contributed by atoms with van der Waals surface area (Å²) in [6, 6.07) is 6.83. The minimum absolute atomic E-state index is 0.0281. The number of halogens is 3. The van der Waals surface area contributed by atoms with Crippen molar-refractivity contribution in [1.29, 1.82) is 0 Å². The molecule has 1 fully saturated rings. The van der Waals surface area contributed by atoms with Crippen LogP contribution in [0.2, 0.25) is 0 Å². The first-order chi connectivity index (χ1) is 14.7. The minimum atomic E-state index is -4.47. The molecular weight excluding hydrogens is 409 g/mol. The number of aromatic nitrogens is 4. The van der Waals surface area contributed by atoms with Gasteiger partial charge in [0.2, 0.25) is 11.5 Å². The number of rotatable bonds is 4. The maximum Gasteiger partial charge on any atom is 0.416 e. The quantitative estimate of drug-likeness (QED) is 0.675. The molecule has 1 unspecified atom stereocenters. The first-order valence-electron chi connectivity index (χ1n) is 9.84. The van der Waals surface area contributed by atoms with Crippen molar-refractivity contribution in [1.82, 2.24) is 19.5 Å². The smallest absolute Gasteiger partial charge is 0.338 e. The van der Waals surface area contributed by atoms with Crippen molar-refractivity contribution in [3.8, 4) is 11.3 Å². The largest absolute Gasteiger partial charge is 0.416 e. The highest BCUT2D eigenvalue weighted by Gasteiger charge is 2.31. The summed E-state index contributed by atoms with van der Waals surface area (Å²) in [5.41, 5.74) is 0.287. The van der Waals surface area contributed by atoms with E-state index < -0.39 is 11.7 Å². The molecule has 0 amide bonds. The van der Waals surface area contributed by atoms with Gasteiger partial charge in [0.25, 0.3) is 0 Å². The van der Waals surface area contributed by atoms with Gasteiger partial charge in [-0.1, -0.05) is 0 Å². The summed E-state index contributed by atoms with van der Waals surface area (Å²) in [6.45, 7) is 2.87. The number of nitrogens with zero attached hydrogens (tertiary/aromatic N) is 5. The van der Waals surface area contributed by atoms with Crippen LogP contribution >= 0.6 is 0 Å². The highest BCUT2D eigenvalue weighted by atomic mass is 19.4. The van der Waals surface area contributed by atoms with E-state index in [1.165, 1.54) is 10.6 Å².